The molecular formula is C22H26F2N2O5. The molecule has 0 aliphatic heterocycles. The lowest BCUT2D eigenvalue weighted by atomic mass is 10.2. The van der Waals surface area contributed by atoms with Crippen LogP contribution in [0, 0.1) is 0 Å². The van der Waals surface area contributed by atoms with Crippen LogP contribution in [0.1, 0.15) is 35.7 Å². The number of hydrogen-bond acceptors (Lipinski definition) is 5. The number of methoxy groups -OCH3 is 1. The first kappa shape index (κ1) is 23.9. The fourth-order valence-electron chi connectivity index (χ4n) is 2.61. The molecule has 2 aromatic rings. The van der Waals surface area contributed by atoms with Gasteiger partial charge in [0, 0.05) is 12.1 Å². The largest absolute Gasteiger partial charge is 0.494 e. The Bertz CT molecular complexity index is 877. The zero-order valence-electron chi connectivity index (χ0n) is 17.5. The first-order valence-electron chi connectivity index (χ1n) is 9.82. The number of carbonyl (C=O) groups is 2. The van der Waals surface area contributed by atoms with Crippen molar-refractivity contribution in [2.45, 2.75) is 32.9 Å². The molecule has 31 heavy (non-hydrogen) atoms. The molecule has 0 aliphatic rings. The van der Waals surface area contributed by atoms with Crippen molar-refractivity contribution in [1.82, 2.24) is 10.6 Å². The summed E-state index contributed by atoms with van der Waals surface area (Å²) in [6, 6.07) is 11.2. The lowest BCUT2D eigenvalue weighted by molar-refractivity contribution is -0.120. The first-order valence-corrected chi connectivity index (χ1v) is 9.82. The number of amides is 2. The van der Waals surface area contributed by atoms with Gasteiger partial charge in [-0.05, 0) is 42.3 Å². The van der Waals surface area contributed by atoms with Crippen molar-refractivity contribution in [3.63, 3.8) is 0 Å². The van der Waals surface area contributed by atoms with Crippen molar-refractivity contribution < 1.29 is 32.6 Å². The summed E-state index contributed by atoms with van der Waals surface area (Å²) < 4.78 is 39.7. The van der Waals surface area contributed by atoms with Crippen LogP contribution in [0.25, 0.3) is 0 Å². The molecule has 9 heteroatoms. The third-order valence-electron chi connectivity index (χ3n) is 4.21. The van der Waals surface area contributed by atoms with Gasteiger partial charge in [0.05, 0.1) is 20.3 Å². The average molecular weight is 436 g/mol. The van der Waals surface area contributed by atoms with E-state index < -0.39 is 12.5 Å². The summed E-state index contributed by atoms with van der Waals surface area (Å²) in [5.41, 5.74) is 1.01. The summed E-state index contributed by atoms with van der Waals surface area (Å²) >= 11 is 0. The molecule has 0 aliphatic carbocycles. The van der Waals surface area contributed by atoms with E-state index in [0.29, 0.717) is 6.61 Å². The van der Waals surface area contributed by atoms with Gasteiger partial charge in [0.2, 0.25) is 5.91 Å². The van der Waals surface area contributed by atoms with Crippen LogP contribution in [0.3, 0.4) is 0 Å². The number of unbranched alkanes of at least 4 members (excludes halogenated alkanes) is 1. The Morgan fingerprint density at radius 3 is 2.58 bits per heavy atom. The third-order valence-corrected chi connectivity index (χ3v) is 4.21. The Kier molecular flexibility index (Phi) is 9.54. The van der Waals surface area contributed by atoms with Gasteiger partial charge in [-0.1, -0.05) is 25.5 Å². The number of alkyl halides is 2. The van der Waals surface area contributed by atoms with E-state index in [-0.39, 0.29) is 36.1 Å². The van der Waals surface area contributed by atoms with Gasteiger partial charge in [0.25, 0.3) is 5.91 Å². The highest BCUT2D eigenvalue weighted by atomic mass is 19.3. The smallest absolute Gasteiger partial charge is 0.387 e. The van der Waals surface area contributed by atoms with Crippen molar-refractivity contribution in [2.24, 2.45) is 0 Å². The summed E-state index contributed by atoms with van der Waals surface area (Å²) in [7, 11) is 1.27. The van der Waals surface area contributed by atoms with E-state index in [4.69, 9.17) is 9.47 Å². The molecule has 2 aromatic carbocycles. The lowest BCUT2D eigenvalue weighted by Gasteiger charge is -2.12. The molecule has 0 radical (unpaired) electrons. The van der Waals surface area contributed by atoms with Crippen molar-refractivity contribution in [3.05, 3.63) is 53.6 Å². The molecule has 168 valence electrons. The van der Waals surface area contributed by atoms with Gasteiger partial charge in [-0.3, -0.25) is 9.59 Å². The molecule has 0 saturated heterocycles. The zero-order valence-corrected chi connectivity index (χ0v) is 17.5. The highest BCUT2D eigenvalue weighted by molar-refractivity contribution is 5.97. The Hall–Kier alpha value is -3.36. The Morgan fingerprint density at radius 1 is 1.06 bits per heavy atom. The maximum absolute atomic E-state index is 12.4. The molecule has 0 bridgehead atoms. The zero-order chi connectivity index (χ0) is 22.6. The van der Waals surface area contributed by atoms with Crippen LogP contribution in [0.5, 0.6) is 17.2 Å². The summed E-state index contributed by atoms with van der Waals surface area (Å²) in [4.78, 5) is 24.3. The molecule has 2 N–H and O–H groups in total. The van der Waals surface area contributed by atoms with Gasteiger partial charge in [0.1, 0.15) is 5.75 Å². The predicted molar refractivity (Wildman–Crippen MR) is 111 cm³/mol. The van der Waals surface area contributed by atoms with Crippen molar-refractivity contribution in [3.8, 4) is 17.2 Å². The van der Waals surface area contributed by atoms with Gasteiger partial charge in [-0.2, -0.15) is 8.78 Å². The standard InChI is InChI=1S/C22H26F2N2O5/c1-3-4-10-30-17-7-5-6-15(11-17)13-25-20(27)14-26-21(28)16-8-9-18(31-22(23)24)19(12-16)29-2/h5-9,11-12,22H,3-4,10,13-14H2,1-2H3,(H,25,27)(H,26,28). The number of nitrogens with one attached hydrogen (secondary N) is 2. The van der Waals surface area contributed by atoms with Crippen molar-refractivity contribution in [1.29, 1.82) is 0 Å². The Balaban J connectivity index is 1.83. The minimum absolute atomic E-state index is 0.0153. The van der Waals surface area contributed by atoms with E-state index in [1.165, 1.54) is 25.3 Å². The molecule has 2 amide bonds. The second-order valence-corrected chi connectivity index (χ2v) is 6.55. The molecule has 0 aromatic heterocycles. The second-order valence-electron chi connectivity index (χ2n) is 6.55. The SMILES string of the molecule is CCCCOc1cccc(CNC(=O)CNC(=O)c2ccc(OC(F)F)c(OC)c2)c1. The summed E-state index contributed by atoms with van der Waals surface area (Å²) in [6.07, 6.45) is 2.01. The van der Waals surface area contributed by atoms with Crippen LogP contribution in [0.4, 0.5) is 8.78 Å². The molecule has 7 nitrogen and oxygen atoms in total. The van der Waals surface area contributed by atoms with E-state index >= 15 is 0 Å². The maximum Gasteiger partial charge on any atom is 0.387 e. The maximum atomic E-state index is 12.4. The fraction of sp³-hybridized carbons (Fsp3) is 0.364. The molecule has 0 spiro atoms. The minimum Gasteiger partial charge on any atom is -0.494 e. The summed E-state index contributed by atoms with van der Waals surface area (Å²) in [5.74, 6) is -0.397. The van der Waals surface area contributed by atoms with Crippen LogP contribution in [0.2, 0.25) is 0 Å². The van der Waals surface area contributed by atoms with Gasteiger partial charge >= 0.3 is 6.61 Å². The number of benzene rings is 2. The fourth-order valence-corrected chi connectivity index (χ4v) is 2.61. The van der Waals surface area contributed by atoms with E-state index in [0.717, 1.165) is 24.2 Å². The molecular weight excluding hydrogens is 410 g/mol. The molecule has 0 atom stereocenters. The molecule has 0 saturated carbocycles. The number of carbonyl (C=O) groups excluding carboxylic acids is 2. The van der Waals surface area contributed by atoms with Crippen LogP contribution in [-0.4, -0.2) is 38.7 Å². The normalized spacial score (nSPS) is 10.5. The first-order chi connectivity index (χ1) is 14.9. The van der Waals surface area contributed by atoms with E-state index in [1.54, 1.807) is 0 Å². The average Bonchev–Trinajstić information content (AvgIpc) is 2.76. The van der Waals surface area contributed by atoms with Gasteiger partial charge in [-0.15, -0.1) is 0 Å². The number of ether oxygens (including phenoxy) is 3. The van der Waals surface area contributed by atoms with Gasteiger partial charge in [-0.25, -0.2) is 0 Å². The molecule has 0 unspecified atom stereocenters. The third kappa shape index (κ3) is 8.12. The Labute approximate surface area is 179 Å². The van der Waals surface area contributed by atoms with E-state index in [1.807, 2.05) is 24.3 Å². The van der Waals surface area contributed by atoms with Gasteiger partial charge < -0.3 is 24.8 Å². The predicted octanol–water partition coefficient (Wildman–Crippen LogP) is 3.52. The minimum atomic E-state index is -3.01. The summed E-state index contributed by atoms with van der Waals surface area (Å²) in [6.45, 7) is -0.253. The molecule has 2 rings (SSSR count). The number of rotatable bonds is 12. The van der Waals surface area contributed by atoms with Crippen molar-refractivity contribution >= 4 is 11.8 Å². The number of hydrogen-bond donors (Lipinski definition) is 2. The second kappa shape index (κ2) is 12.4. The highest BCUT2D eigenvalue weighted by Crippen LogP contribution is 2.29. The number of halogens is 2. The van der Waals surface area contributed by atoms with E-state index in [9.17, 15) is 18.4 Å². The van der Waals surface area contributed by atoms with Crippen LogP contribution >= 0.6 is 0 Å². The Morgan fingerprint density at radius 2 is 1.87 bits per heavy atom. The van der Waals surface area contributed by atoms with Crippen LogP contribution in [0.15, 0.2) is 42.5 Å². The quantitative estimate of drug-likeness (QED) is 0.498. The summed E-state index contributed by atoms with van der Waals surface area (Å²) in [5, 5.41) is 5.19. The van der Waals surface area contributed by atoms with Crippen LogP contribution < -0.4 is 24.8 Å². The van der Waals surface area contributed by atoms with E-state index in [2.05, 4.69) is 22.3 Å². The van der Waals surface area contributed by atoms with Crippen molar-refractivity contribution in [2.75, 3.05) is 20.3 Å². The lowest BCUT2D eigenvalue weighted by Crippen LogP contribution is -2.36. The highest BCUT2D eigenvalue weighted by Gasteiger charge is 2.15. The molecule has 0 fully saturated rings. The van der Waals surface area contributed by atoms with Crippen LogP contribution in [-0.2, 0) is 11.3 Å². The topological polar surface area (TPSA) is 85.9 Å². The molecule has 0 heterocycles. The van der Waals surface area contributed by atoms with Gasteiger partial charge in [0.15, 0.2) is 11.5 Å². The monoisotopic (exact) mass is 436 g/mol.